The minimum absolute atomic E-state index is 0.129. The summed E-state index contributed by atoms with van der Waals surface area (Å²) in [5.41, 5.74) is 1.24. The van der Waals surface area contributed by atoms with Crippen molar-refractivity contribution in [3.05, 3.63) is 35.9 Å². The molecule has 124 valence electrons. The van der Waals surface area contributed by atoms with Gasteiger partial charge < -0.3 is 9.80 Å². The van der Waals surface area contributed by atoms with E-state index in [4.69, 9.17) is 0 Å². The van der Waals surface area contributed by atoms with Crippen LogP contribution in [0.15, 0.2) is 30.3 Å². The number of likely N-dealkylation sites (tertiary alicyclic amines) is 2. The molecular formula is C19H26N2O2. The molecule has 2 heterocycles. The second kappa shape index (κ2) is 7.16. The maximum atomic E-state index is 12.7. The van der Waals surface area contributed by atoms with Crippen molar-refractivity contribution in [1.29, 1.82) is 0 Å². The van der Waals surface area contributed by atoms with Crippen molar-refractivity contribution in [2.75, 3.05) is 19.6 Å². The lowest BCUT2D eigenvalue weighted by atomic mass is 9.99. The van der Waals surface area contributed by atoms with Crippen LogP contribution >= 0.6 is 0 Å². The van der Waals surface area contributed by atoms with Gasteiger partial charge in [-0.15, -0.1) is 0 Å². The van der Waals surface area contributed by atoms with Crippen molar-refractivity contribution in [2.24, 2.45) is 5.92 Å². The van der Waals surface area contributed by atoms with Crippen LogP contribution in [0.1, 0.15) is 38.2 Å². The van der Waals surface area contributed by atoms with E-state index in [1.165, 1.54) is 12.0 Å². The fourth-order valence-electron chi connectivity index (χ4n) is 3.72. The van der Waals surface area contributed by atoms with E-state index >= 15 is 0 Å². The summed E-state index contributed by atoms with van der Waals surface area (Å²) in [6.07, 6.45) is 4.63. The molecule has 4 nitrogen and oxygen atoms in total. The number of hydrogen-bond acceptors (Lipinski definition) is 2. The molecule has 1 aromatic rings. The standard InChI is InChI=1S/C19H26N2O2/c1-15-7-5-6-11-21(15)19(23)17-13-18(22)20(14-17)12-10-16-8-3-2-4-9-16/h2-4,8-9,15,17H,5-7,10-14H2,1H3/t15-,17+/m1/s1. The van der Waals surface area contributed by atoms with Crippen LogP contribution in [-0.4, -0.2) is 47.3 Å². The molecule has 0 aliphatic carbocycles. The van der Waals surface area contributed by atoms with E-state index in [0.717, 1.165) is 25.8 Å². The van der Waals surface area contributed by atoms with Crippen LogP contribution in [0.4, 0.5) is 0 Å². The van der Waals surface area contributed by atoms with Gasteiger partial charge in [0.15, 0.2) is 0 Å². The molecule has 2 saturated heterocycles. The molecule has 1 aromatic carbocycles. The van der Waals surface area contributed by atoms with Crippen LogP contribution in [0.3, 0.4) is 0 Å². The van der Waals surface area contributed by atoms with E-state index < -0.39 is 0 Å². The zero-order valence-corrected chi connectivity index (χ0v) is 13.9. The molecule has 0 saturated carbocycles. The van der Waals surface area contributed by atoms with E-state index in [0.29, 0.717) is 25.6 Å². The van der Waals surface area contributed by atoms with Crippen molar-refractivity contribution >= 4 is 11.8 Å². The maximum Gasteiger partial charge on any atom is 0.228 e. The van der Waals surface area contributed by atoms with Gasteiger partial charge in [-0.1, -0.05) is 30.3 Å². The molecule has 2 fully saturated rings. The molecule has 3 rings (SSSR count). The molecule has 2 aliphatic heterocycles. The molecule has 2 amide bonds. The summed E-state index contributed by atoms with van der Waals surface area (Å²) in [4.78, 5) is 28.8. The van der Waals surface area contributed by atoms with Gasteiger partial charge in [0.2, 0.25) is 11.8 Å². The smallest absolute Gasteiger partial charge is 0.228 e. The first-order chi connectivity index (χ1) is 11.1. The van der Waals surface area contributed by atoms with Gasteiger partial charge in [-0.2, -0.15) is 0 Å². The number of carbonyl (C=O) groups is 2. The molecule has 0 bridgehead atoms. The Balaban J connectivity index is 1.55. The Morgan fingerprint density at radius 2 is 2.00 bits per heavy atom. The third kappa shape index (κ3) is 3.74. The third-order valence-electron chi connectivity index (χ3n) is 5.16. The molecule has 4 heteroatoms. The van der Waals surface area contributed by atoms with Gasteiger partial charge in [-0.25, -0.2) is 0 Å². The molecule has 0 unspecified atom stereocenters. The number of piperidine rings is 1. The fourth-order valence-corrected chi connectivity index (χ4v) is 3.72. The highest BCUT2D eigenvalue weighted by atomic mass is 16.2. The average Bonchev–Trinajstić information content (AvgIpc) is 2.95. The van der Waals surface area contributed by atoms with Gasteiger partial charge in [0.05, 0.1) is 5.92 Å². The van der Waals surface area contributed by atoms with Gasteiger partial charge in [0, 0.05) is 32.1 Å². The summed E-state index contributed by atoms with van der Waals surface area (Å²) in [7, 11) is 0. The largest absolute Gasteiger partial charge is 0.342 e. The highest BCUT2D eigenvalue weighted by molar-refractivity contribution is 5.89. The summed E-state index contributed by atoms with van der Waals surface area (Å²) in [5.74, 6) is 0.176. The average molecular weight is 314 g/mol. The Kier molecular flexibility index (Phi) is 4.99. The van der Waals surface area contributed by atoms with Gasteiger partial charge in [0.1, 0.15) is 0 Å². The van der Waals surface area contributed by atoms with Crippen LogP contribution in [0.2, 0.25) is 0 Å². The number of hydrogen-bond donors (Lipinski definition) is 0. The lowest BCUT2D eigenvalue weighted by Crippen LogP contribution is -2.45. The first-order valence-electron chi connectivity index (χ1n) is 8.77. The highest BCUT2D eigenvalue weighted by Gasteiger charge is 2.37. The van der Waals surface area contributed by atoms with E-state index in [2.05, 4.69) is 19.1 Å². The monoisotopic (exact) mass is 314 g/mol. The second-order valence-electron chi connectivity index (χ2n) is 6.85. The van der Waals surface area contributed by atoms with Crippen molar-refractivity contribution in [1.82, 2.24) is 9.80 Å². The van der Waals surface area contributed by atoms with Crippen molar-refractivity contribution in [2.45, 2.75) is 45.1 Å². The Morgan fingerprint density at radius 1 is 1.22 bits per heavy atom. The Morgan fingerprint density at radius 3 is 2.74 bits per heavy atom. The molecule has 0 N–H and O–H groups in total. The normalized spacial score (nSPS) is 25.0. The number of carbonyl (C=O) groups excluding carboxylic acids is 2. The second-order valence-corrected chi connectivity index (χ2v) is 6.85. The van der Waals surface area contributed by atoms with Crippen LogP contribution < -0.4 is 0 Å². The molecular weight excluding hydrogens is 288 g/mol. The van der Waals surface area contributed by atoms with Crippen LogP contribution in [0.25, 0.3) is 0 Å². The lowest BCUT2D eigenvalue weighted by Gasteiger charge is -2.35. The Bertz CT molecular complexity index is 558. The molecule has 2 atom stereocenters. The predicted molar refractivity (Wildman–Crippen MR) is 89.9 cm³/mol. The molecule has 0 spiro atoms. The molecule has 2 aliphatic rings. The van der Waals surface area contributed by atoms with Gasteiger partial charge in [0.25, 0.3) is 0 Å². The van der Waals surface area contributed by atoms with Crippen molar-refractivity contribution in [3.63, 3.8) is 0 Å². The minimum atomic E-state index is -0.140. The summed E-state index contributed by atoms with van der Waals surface area (Å²) >= 11 is 0. The zero-order valence-electron chi connectivity index (χ0n) is 13.9. The quantitative estimate of drug-likeness (QED) is 0.856. The van der Waals surface area contributed by atoms with Crippen molar-refractivity contribution in [3.8, 4) is 0 Å². The lowest BCUT2D eigenvalue weighted by molar-refractivity contribution is -0.139. The topological polar surface area (TPSA) is 40.6 Å². The summed E-state index contributed by atoms with van der Waals surface area (Å²) in [6, 6.07) is 10.5. The predicted octanol–water partition coefficient (Wildman–Crippen LogP) is 2.48. The Hall–Kier alpha value is -1.84. The number of amides is 2. The van der Waals surface area contributed by atoms with E-state index in [1.54, 1.807) is 0 Å². The molecule has 23 heavy (non-hydrogen) atoms. The van der Waals surface area contributed by atoms with E-state index in [1.807, 2.05) is 28.0 Å². The van der Waals surface area contributed by atoms with Crippen LogP contribution in [-0.2, 0) is 16.0 Å². The van der Waals surface area contributed by atoms with Gasteiger partial charge in [-0.05, 0) is 38.2 Å². The molecule has 0 radical (unpaired) electrons. The fraction of sp³-hybridized carbons (Fsp3) is 0.579. The van der Waals surface area contributed by atoms with Crippen LogP contribution in [0, 0.1) is 5.92 Å². The summed E-state index contributed by atoms with van der Waals surface area (Å²) < 4.78 is 0. The van der Waals surface area contributed by atoms with E-state index in [9.17, 15) is 9.59 Å². The molecule has 0 aromatic heterocycles. The highest BCUT2D eigenvalue weighted by Crippen LogP contribution is 2.25. The summed E-state index contributed by atoms with van der Waals surface area (Å²) in [5, 5.41) is 0. The number of benzene rings is 1. The maximum absolute atomic E-state index is 12.7. The van der Waals surface area contributed by atoms with Gasteiger partial charge in [-0.3, -0.25) is 9.59 Å². The number of nitrogens with zero attached hydrogens (tertiary/aromatic N) is 2. The SMILES string of the molecule is C[C@@H]1CCCCN1C(=O)[C@H]1CC(=O)N(CCc2ccccc2)C1. The summed E-state index contributed by atoms with van der Waals surface area (Å²) in [6.45, 7) is 4.28. The van der Waals surface area contributed by atoms with Crippen LogP contribution in [0.5, 0.6) is 0 Å². The first kappa shape index (κ1) is 16.0. The Labute approximate surface area is 138 Å². The van der Waals surface area contributed by atoms with Gasteiger partial charge >= 0.3 is 0 Å². The first-order valence-corrected chi connectivity index (χ1v) is 8.77. The van der Waals surface area contributed by atoms with Crippen molar-refractivity contribution < 1.29 is 9.59 Å². The minimum Gasteiger partial charge on any atom is -0.342 e. The zero-order chi connectivity index (χ0) is 16.2. The van der Waals surface area contributed by atoms with E-state index in [-0.39, 0.29) is 17.7 Å². The number of rotatable bonds is 4. The third-order valence-corrected chi connectivity index (χ3v) is 5.16.